The molecular formula is C11H15N3O3. The molecule has 1 heterocycles. The summed E-state index contributed by atoms with van der Waals surface area (Å²) in [7, 11) is 1.42. The number of carbonyl (C=O) groups excluding carboxylic acids is 1. The molecule has 0 atom stereocenters. The molecule has 17 heavy (non-hydrogen) atoms. The number of hydrogen-bond acceptors (Lipinski definition) is 4. The van der Waals surface area contributed by atoms with Crippen molar-refractivity contribution in [2.75, 3.05) is 13.6 Å². The minimum Gasteiger partial charge on any atom is -0.294 e. The van der Waals surface area contributed by atoms with Crippen LogP contribution in [0.1, 0.15) is 29.6 Å². The number of hydrogen-bond donors (Lipinski definition) is 0. The first-order chi connectivity index (χ1) is 8.11. The predicted molar refractivity (Wildman–Crippen MR) is 62.0 cm³/mol. The molecule has 0 bridgehead atoms. The van der Waals surface area contributed by atoms with Crippen molar-refractivity contribution in [2.45, 2.75) is 19.3 Å². The van der Waals surface area contributed by atoms with Gasteiger partial charge >= 0.3 is 0 Å². The van der Waals surface area contributed by atoms with Crippen molar-refractivity contribution in [2.24, 2.45) is 0 Å². The number of carbonyl (C=O) groups is 1. The van der Waals surface area contributed by atoms with Crippen LogP contribution in [0.25, 0.3) is 0 Å². The number of nitro groups is 1. The SMILES string of the molecule is CN(CCCCC(=O)c1cccnc1)[N+](=O)[O-]. The third-order valence-electron chi connectivity index (χ3n) is 2.40. The second-order valence-corrected chi connectivity index (χ2v) is 3.74. The van der Waals surface area contributed by atoms with Crippen LogP contribution in [0.15, 0.2) is 24.5 Å². The fraction of sp³-hybridized carbons (Fsp3) is 0.455. The van der Waals surface area contributed by atoms with Crippen LogP contribution < -0.4 is 0 Å². The summed E-state index contributed by atoms with van der Waals surface area (Å²) < 4.78 is 0. The summed E-state index contributed by atoms with van der Waals surface area (Å²) in [6, 6.07) is 3.44. The van der Waals surface area contributed by atoms with E-state index in [1.165, 1.54) is 13.2 Å². The lowest BCUT2D eigenvalue weighted by molar-refractivity contribution is -0.648. The first kappa shape index (κ1) is 13.1. The van der Waals surface area contributed by atoms with Gasteiger partial charge in [0.1, 0.15) is 0 Å². The summed E-state index contributed by atoms with van der Waals surface area (Å²) in [5.74, 6) is 0.0295. The third kappa shape index (κ3) is 4.58. The van der Waals surface area contributed by atoms with E-state index in [0.29, 0.717) is 31.4 Å². The van der Waals surface area contributed by atoms with Gasteiger partial charge in [0.05, 0.1) is 13.6 Å². The molecule has 0 aliphatic carbocycles. The van der Waals surface area contributed by atoms with E-state index in [4.69, 9.17) is 0 Å². The molecule has 6 heteroatoms. The normalized spacial score (nSPS) is 9.94. The minimum absolute atomic E-state index is 0.0295. The van der Waals surface area contributed by atoms with Crippen LogP contribution in [0.4, 0.5) is 0 Å². The smallest absolute Gasteiger partial charge is 0.164 e. The molecule has 0 aromatic carbocycles. The highest BCUT2D eigenvalue weighted by Crippen LogP contribution is 2.05. The Hall–Kier alpha value is -1.98. The lowest BCUT2D eigenvalue weighted by Gasteiger charge is -2.07. The summed E-state index contributed by atoms with van der Waals surface area (Å²) in [6.45, 7) is 0.354. The number of nitrogens with zero attached hydrogens (tertiary/aromatic N) is 3. The average molecular weight is 237 g/mol. The van der Waals surface area contributed by atoms with Crippen molar-refractivity contribution in [1.29, 1.82) is 0 Å². The largest absolute Gasteiger partial charge is 0.294 e. The Morgan fingerprint density at radius 2 is 2.29 bits per heavy atom. The van der Waals surface area contributed by atoms with Gasteiger partial charge in [-0.1, -0.05) is 0 Å². The third-order valence-corrected chi connectivity index (χ3v) is 2.40. The van der Waals surface area contributed by atoms with Gasteiger partial charge in [-0.3, -0.25) is 9.78 Å². The molecule has 0 unspecified atom stereocenters. The molecule has 6 nitrogen and oxygen atoms in total. The van der Waals surface area contributed by atoms with Crippen molar-refractivity contribution in [3.8, 4) is 0 Å². The number of rotatable bonds is 7. The van der Waals surface area contributed by atoms with Crippen LogP contribution in [0, 0.1) is 10.1 Å². The van der Waals surface area contributed by atoms with Gasteiger partial charge in [-0.2, -0.15) is 0 Å². The van der Waals surface area contributed by atoms with E-state index < -0.39 is 5.03 Å². The first-order valence-electron chi connectivity index (χ1n) is 5.40. The van der Waals surface area contributed by atoms with Crippen molar-refractivity contribution in [1.82, 2.24) is 9.99 Å². The number of hydrazine groups is 1. The molecule has 1 rings (SSSR count). The fourth-order valence-electron chi connectivity index (χ4n) is 1.38. The zero-order chi connectivity index (χ0) is 12.7. The van der Waals surface area contributed by atoms with Gasteiger partial charge in [-0.05, 0) is 25.0 Å². The Morgan fingerprint density at radius 1 is 1.53 bits per heavy atom. The molecule has 0 aliphatic heterocycles. The molecule has 0 N–H and O–H groups in total. The Balaban J connectivity index is 2.24. The summed E-state index contributed by atoms with van der Waals surface area (Å²) in [6.07, 6.45) is 4.82. The number of pyridine rings is 1. The standard InChI is InChI=1S/C11H15N3O3/c1-13(14(16)17)8-3-2-6-11(15)10-5-4-7-12-9-10/h4-5,7,9H,2-3,6,8H2,1H3. The summed E-state index contributed by atoms with van der Waals surface area (Å²) >= 11 is 0. The number of ketones is 1. The van der Waals surface area contributed by atoms with Gasteiger partial charge in [0.25, 0.3) is 0 Å². The second-order valence-electron chi connectivity index (χ2n) is 3.74. The predicted octanol–water partition coefficient (Wildman–Crippen LogP) is 1.56. The van der Waals surface area contributed by atoms with E-state index in [2.05, 4.69) is 4.98 Å². The average Bonchev–Trinajstić information content (AvgIpc) is 2.35. The van der Waals surface area contributed by atoms with Crippen molar-refractivity contribution in [3.63, 3.8) is 0 Å². The maximum Gasteiger partial charge on any atom is 0.164 e. The second kappa shape index (κ2) is 6.57. The van der Waals surface area contributed by atoms with E-state index in [1.54, 1.807) is 18.3 Å². The lowest BCUT2D eigenvalue weighted by Crippen LogP contribution is -2.26. The quantitative estimate of drug-likeness (QED) is 0.311. The molecule has 1 aromatic heterocycles. The molecule has 0 saturated heterocycles. The van der Waals surface area contributed by atoms with Crippen LogP contribution in [-0.2, 0) is 0 Å². The van der Waals surface area contributed by atoms with Crippen LogP contribution in [0.3, 0.4) is 0 Å². The molecule has 0 aliphatic rings. The highest BCUT2D eigenvalue weighted by Gasteiger charge is 2.08. The monoisotopic (exact) mass is 237 g/mol. The van der Waals surface area contributed by atoms with E-state index in [9.17, 15) is 14.9 Å². The van der Waals surface area contributed by atoms with Crippen molar-refractivity contribution < 1.29 is 9.83 Å². The summed E-state index contributed by atoms with van der Waals surface area (Å²) in [4.78, 5) is 25.8. The van der Waals surface area contributed by atoms with E-state index in [0.717, 1.165) is 5.01 Å². The van der Waals surface area contributed by atoms with E-state index in [1.807, 2.05) is 0 Å². The summed E-state index contributed by atoms with van der Waals surface area (Å²) in [5.41, 5.74) is 0.593. The Bertz CT molecular complexity index is 381. The molecule has 92 valence electrons. The molecule has 0 radical (unpaired) electrons. The lowest BCUT2D eigenvalue weighted by atomic mass is 10.1. The van der Waals surface area contributed by atoms with Gasteiger partial charge in [0.15, 0.2) is 10.8 Å². The topological polar surface area (TPSA) is 76.3 Å². The van der Waals surface area contributed by atoms with Gasteiger partial charge in [-0.15, -0.1) is 5.01 Å². The molecule has 0 saturated carbocycles. The van der Waals surface area contributed by atoms with E-state index in [-0.39, 0.29) is 5.78 Å². The zero-order valence-electron chi connectivity index (χ0n) is 9.70. The molecule has 0 spiro atoms. The minimum atomic E-state index is -0.455. The summed E-state index contributed by atoms with van der Waals surface area (Å²) in [5, 5.41) is 10.9. The van der Waals surface area contributed by atoms with Crippen LogP contribution in [0.5, 0.6) is 0 Å². The van der Waals surface area contributed by atoms with Crippen molar-refractivity contribution in [3.05, 3.63) is 40.2 Å². The van der Waals surface area contributed by atoms with Crippen LogP contribution >= 0.6 is 0 Å². The zero-order valence-corrected chi connectivity index (χ0v) is 9.70. The van der Waals surface area contributed by atoms with Gasteiger partial charge in [0, 0.05) is 24.4 Å². The van der Waals surface area contributed by atoms with Crippen LogP contribution in [0.2, 0.25) is 0 Å². The Kier molecular flexibility index (Phi) is 5.06. The van der Waals surface area contributed by atoms with Crippen molar-refractivity contribution >= 4 is 5.78 Å². The Labute approximate surface area is 99.4 Å². The van der Waals surface area contributed by atoms with E-state index >= 15 is 0 Å². The molecular weight excluding hydrogens is 222 g/mol. The number of unbranched alkanes of at least 4 members (excludes halogenated alkanes) is 1. The first-order valence-corrected chi connectivity index (χ1v) is 5.40. The maximum atomic E-state index is 11.6. The van der Waals surface area contributed by atoms with Gasteiger partial charge < -0.3 is 0 Å². The molecule has 0 amide bonds. The Morgan fingerprint density at radius 3 is 2.88 bits per heavy atom. The van der Waals surface area contributed by atoms with Crippen LogP contribution in [-0.4, -0.2) is 34.4 Å². The van der Waals surface area contributed by atoms with Gasteiger partial charge in [-0.25, -0.2) is 10.1 Å². The fourth-order valence-corrected chi connectivity index (χ4v) is 1.38. The van der Waals surface area contributed by atoms with Gasteiger partial charge in [0.2, 0.25) is 0 Å². The highest BCUT2D eigenvalue weighted by atomic mass is 16.7. The number of aromatic nitrogens is 1. The molecule has 0 fully saturated rings. The molecule has 1 aromatic rings. The highest BCUT2D eigenvalue weighted by molar-refractivity contribution is 5.95. The maximum absolute atomic E-state index is 11.6. The number of Topliss-reactive ketones (excluding diaryl/α,β-unsaturated/α-hetero) is 1.